The average molecular weight is 372 g/mol. The molecule has 1 amide bonds. The molecule has 0 spiro atoms. The number of nitrogens with one attached hydrogen (secondary N) is 1. The number of carbonyl (C=O) groups excluding carboxylic acids is 1. The van der Waals surface area contributed by atoms with E-state index in [0.717, 1.165) is 5.56 Å². The highest BCUT2D eigenvalue weighted by molar-refractivity contribution is 5.85. The summed E-state index contributed by atoms with van der Waals surface area (Å²) in [5.41, 5.74) is 0.580. The molecule has 0 radical (unpaired) electrons. The van der Waals surface area contributed by atoms with Gasteiger partial charge in [0.25, 0.3) is 0 Å². The average Bonchev–Trinajstić information content (AvgIpc) is 3.15. The Kier molecular flexibility index (Phi) is 4.86. The normalized spacial score (nSPS) is 20.1. The maximum atomic E-state index is 12.7. The summed E-state index contributed by atoms with van der Waals surface area (Å²) in [7, 11) is 1.86. The van der Waals surface area contributed by atoms with Crippen LogP contribution in [0, 0.1) is 5.92 Å². The van der Waals surface area contributed by atoms with Gasteiger partial charge in [0.1, 0.15) is 5.82 Å². The molecule has 0 unspecified atom stereocenters. The van der Waals surface area contributed by atoms with Crippen molar-refractivity contribution in [3.05, 3.63) is 36.0 Å². The van der Waals surface area contributed by atoms with Gasteiger partial charge in [0.15, 0.2) is 5.69 Å². The third kappa shape index (κ3) is 3.91. The van der Waals surface area contributed by atoms with Crippen LogP contribution in [0.15, 0.2) is 24.8 Å². The lowest BCUT2D eigenvalue weighted by atomic mass is 9.93. The van der Waals surface area contributed by atoms with Crippen LogP contribution in [-0.2, 0) is 11.8 Å². The highest BCUT2D eigenvalue weighted by Crippen LogP contribution is 2.42. The molecular weight excluding hydrogens is 348 g/mol. The van der Waals surface area contributed by atoms with Crippen molar-refractivity contribution in [1.29, 1.82) is 0 Å². The smallest absolute Gasteiger partial charge is 0.356 e. The highest BCUT2D eigenvalue weighted by atomic mass is 16.4. The first-order valence-corrected chi connectivity index (χ1v) is 8.76. The molecule has 2 atom stereocenters. The van der Waals surface area contributed by atoms with Gasteiger partial charge in [0.2, 0.25) is 5.91 Å². The number of carboxylic acids is 1. The Morgan fingerprint density at radius 3 is 2.56 bits per heavy atom. The van der Waals surface area contributed by atoms with Gasteiger partial charge in [0.05, 0.1) is 24.6 Å². The molecule has 0 aliphatic carbocycles. The van der Waals surface area contributed by atoms with Crippen molar-refractivity contribution in [2.24, 2.45) is 13.0 Å². The Labute approximate surface area is 157 Å². The summed E-state index contributed by atoms with van der Waals surface area (Å²) in [6.45, 7) is 6.60. The Morgan fingerprint density at radius 2 is 2.04 bits per heavy atom. The molecule has 0 saturated carbocycles. The fourth-order valence-electron chi connectivity index (χ4n) is 3.55. The zero-order valence-electron chi connectivity index (χ0n) is 15.9. The van der Waals surface area contributed by atoms with Gasteiger partial charge in [-0.15, -0.1) is 0 Å². The number of carboxylic acid groups (broad SMARTS) is 1. The number of aromatic carboxylic acids is 1. The number of likely N-dealkylation sites (tertiary alicyclic amines) is 1. The second-order valence-electron chi connectivity index (χ2n) is 7.76. The Morgan fingerprint density at radius 1 is 1.30 bits per heavy atom. The van der Waals surface area contributed by atoms with Crippen molar-refractivity contribution in [2.75, 3.05) is 11.9 Å². The fraction of sp³-hybridized carbons (Fsp3) is 0.500. The molecular formula is C18H24N6O3. The van der Waals surface area contributed by atoms with Crippen LogP contribution in [-0.4, -0.2) is 53.7 Å². The predicted molar refractivity (Wildman–Crippen MR) is 98.1 cm³/mol. The van der Waals surface area contributed by atoms with Crippen LogP contribution in [0.25, 0.3) is 0 Å². The molecule has 1 saturated heterocycles. The molecule has 1 aliphatic rings. The van der Waals surface area contributed by atoms with Gasteiger partial charge < -0.3 is 15.3 Å². The van der Waals surface area contributed by atoms with Gasteiger partial charge in [-0.25, -0.2) is 14.8 Å². The lowest BCUT2D eigenvalue weighted by Crippen LogP contribution is -2.44. The van der Waals surface area contributed by atoms with E-state index in [9.17, 15) is 9.59 Å². The third-order valence-corrected chi connectivity index (χ3v) is 4.64. The minimum Gasteiger partial charge on any atom is -0.476 e. The van der Waals surface area contributed by atoms with E-state index in [-0.39, 0.29) is 29.1 Å². The van der Waals surface area contributed by atoms with Gasteiger partial charge in [-0.1, -0.05) is 0 Å². The van der Waals surface area contributed by atoms with E-state index in [1.165, 1.54) is 12.4 Å². The Bertz CT molecular complexity index is 840. The first-order valence-electron chi connectivity index (χ1n) is 8.76. The number of rotatable bonds is 5. The number of aromatic nitrogens is 4. The minimum atomic E-state index is -1.12. The molecule has 3 heterocycles. The number of nitrogens with zero attached hydrogens (tertiary/aromatic N) is 5. The lowest BCUT2D eigenvalue weighted by molar-refractivity contribution is -0.133. The molecule has 144 valence electrons. The largest absolute Gasteiger partial charge is 0.476 e. The zero-order chi connectivity index (χ0) is 19.8. The summed E-state index contributed by atoms with van der Waals surface area (Å²) >= 11 is 0. The van der Waals surface area contributed by atoms with E-state index in [1.807, 2.05) is 38.9 Å². The molecule has 2 aromatic rings. The highest BCUT2D eigenvalue weighted by Gasteiger charge is 2.45. The molecule has 9 heteroatoms. The number of anilines is 1. The molecule has 0 aromatic carbocycles. The van der Waals surface area contributed by atoms with Gasteiger partial charge in [-0.05, 0) is 20.8 Å². The van der Waals surface area contributed by atoms with Crippen LogP contribution < -0.4 is 5.32 Å². The van der Waals surface area contributed by atoms with E-state index in [1.54, 1.807) is 10.9 Å². The molecule has 3 rings (SSSR count). The van der Waals surface area contributed by atoms with Crippen LogP contribution in [0.4, 0.5) is 5.82 Å². The number of hydrogen-bond acceptors (Lipinski definition) is 6. The summed E-state index contributed by atoms with van der Waals surface area (Å²) in [5.74, 6) is -0.503. The summed E-state index contributed by atoms with van der Waals surface area (Å²) < 4.78 is 1.74. The van der Waals surface area contributed by atoms with Crippen molar-refractivity contribution in [2.45, 2.75) is 38.8 Å². The third-order valence-electron chi connectivity index (χ3n) is 4.64. The summed E-state index contributed by atoms with van der Waals surface area (Å²) in [6.07, 6.45) is 6.77. The summed E-state index contributed by atoms with van der Waals surface area (Å²) in [4.78, 5) is 33.5. The van der Waals surface area contributed by atoms with E-state index < -0.39 is 5.97 Å². The van der Waals surface area contributed by atoms with Crippen molar-refractivity contribution in [3.63, 3.8) is 0 Å². The molecule has 9 nitrogen and oxygen atoms in total. The van der Waals surface area contributed by atoms with E-state index in [2.05, 4.69) is 20.4 Å². The molecule has 0 bridgehead atoms. The Balaban J connectivity index is 1.80. The predicted octanol–water partition coefficient (Wildman–Crippen LogP) is 1.71. The standard InChI is InChI=1S/C18H24N6O3/c1-18(2,3)24-15(25)5-11(16(24)12-7-22-23(4)10-12)6-20-14-9-19-13(8-21-14)17(26)27/h7-11,16H,5-6H2,1-4H3,(H,20,21)(H,26,27)/t11-,16+/m0/s1. The number of amides is 1. The van der Waals surface area contributed by atoms with E-state index in [0.29, 0.717) is 18.8 Å². The topological polar surface area (TPSA) is 113 Å². The van der Waals surface area contributed by atoms with Crippen molar-refractivity contribution >= 4 is 17.7 Å². The molecule has 1 aliphatic heterocycles. The molecule has 27 heavy (non-hydrogen) atoms. The summed E-state index contributed by atoms with van der Waals surface area (Å²) in [6, 6.07) is -0.0926. The Hall–Kier alpha value is -2.97. The molecule has 1 fully saturated rings. The van der Waals surface area contributed by atoms with Gasteiger partial charge in [-0.2, -0.15) is 5.10 Å². The first-order chi connectivity index (χ1) is 12.7. The number of hydrogen-bond donors (Lipinski definition) is 2. The van der Waals surface area contributed by atoms with Gasteiger partial charge >= 0.3 is 5.97 Å². The second-order valence-corrected chi connectivity index (χ2v) is 7.76. The maximum Gasteiger partial charge on any atom is 0.356 e. The van der Waals surface area contributed by atoms with Crippen LogP contribution in [0.5, 0.6) is 0 Å². The van der Waals surface area contributed by atoms with E-state index >= 15 is 0 Å². The van der Waals surface area contributed by atoms with Crippen LogP contribution in [0.2, 0.25) is 0 Å². The van der Waals surface area contributed by atoms with Crippen molar-refractivity contribution in [1.82, 2.24) is 24.6 Å². The summed E-state index contributed by atoms with van der Waals surface area (Å²) in [5, 5.41) is 16.3. The molecule has 2 N–H and O–H groups in total. The van der Waals surface area contributed by atoms with Gasteiger partial charge in [0, 0.05) is 43.2 Å². The van der Waals surface area contributed by atoms with Gasteiger partial charge in [-0.3, -0.25) is 9.48 Å². The lowest BCUT2D eigenvalue weighted by Gasteiger charge is -2.38. The number of carbonyl (C=O) groups is 2. The quantitative estimate of drug-likeness (QED) is 0.821. The van der Waals surface area contributed by atoms with Crippen LogP contribution >= 0.6 is 0 Å². The van der Waals surface area contributed by atoms with Crippen molar-refractivity contribution < 1.29 is 14.7 Å². The zero-order valence-corrected chi connectivity index (χ0v) is 15.9. The van der Waals surface area contributed by atoms with Crippen LogP contribution in [0.3, 0.4) is 0 Å². The SMILES string of the molecule is Cn1cc([C@H]2[C@H](CNc3cnc(C(=O)O)cn3)CC(=O)N2C(C)(C)C)cn1. The van der Waals surface area contributed by atoms with Crippen LogP contribution in [0.1, 0.15) is 49.3 Å². The number of aryl methyl sites for hydroxylation is 1. The van der Waals surface area contributed by atoms with E-state index in [4.69, 9.17) is 5.11 Å². The maximum absolute atomic E-state index is 12.7. The first kappa shape index (κ1) is 18.8. The van der Waals surface area contributed by atoms with Crippen molar-refractivity contribution in [3.8, 4) is 0 Å². The monoisotopic (exact) mass is 372 g/mol. The fourth-order valence-corrected chi connectivity index (χ4v) is 3.55. The molecule has 2 aromatic heterocycles. The second kappa shape index (κ2) is 6.98. The minimum absolute atomic E-state index is 0.0295.